The third-order valence-electron chi connectivity index (χ3n) is 3.39. The predicted octanol–water partition coefficient (Wildman–Crippen LogP) is 4.33. The van der Waals surface area contributed by atoms with Crippen molar-refractivity contribution in [2.45, 2.75) is 17.6 Å². The molecule has 24 heavy (non-hydrogen) atoms. The zero-order chi connectivity index (χ0) is 16.8. The first kappa shape index (κ1) is 16.2. The molecule has 0 saturated carbocycles. The second kappa shape index (κ2) is 7.75. The Morgan fingerprint density at radius 2 is 1.75 bits per heavy atom. The number of rotatable bonds is 5. The number of amides is 1. The highest BCUT2D eigenvalue weighted by molar-refractivity contribution is 7.98. The molecule has 1 aromatic heterocycles. The number of para-hydroxylation sites is 1. The fourth-order valence-corrected chi connectivity index (χ4v) is 3.09. The Morgan fingerprint density at radius 1 is 1.00 bits per heavy atom. The van der Waals surface area contributed by atoms with Crippen LogP contribution in [0.25, 0.3) is 0 Å². The maximum atomic E-state index is 12.3. The van der Waals surface area contributed by atoms with Crippen LogP contribution < -0.4 is 5.32 Å². The second-order valence-corrected chi connectivity index (χ2v) is 6.28. The van der Waals surface area contributed by atoms with Gasteiger partial charge in [-0.1, -0.05) is 42.5 Å². The van der Waals surface area contributed by atoms with Crippen LogP contribution in [0.1, 0.15) is 21.7 Å². The standard InChI is InChI=1S/C19H17N3OS/c1-14-11-21-17(12-20-14)19(23)22-16-9-5-6-10-18(16)24-13-15-7-3-2-4-8-15/h2-12H,13H2,1H3,(H,22,23). The molecule has 1 amide bonds. The van der Waals surface area contributed by atoms with Gasteiger partial charge in [0.25, 0.3) is 5.91 Å². The molecule has 0 aliphatic carbocycles. The van der Waals surface area contributed by atoms with E-state index in [9.17, 15) is 4.79 Å². The molecule has 0 bridgehead atoms. The molecule has 0 aliphatic rings. The summed E-state index contributed by atoms with van der Waals surface area (Å²) in [4.78, 5) is 21.6. The second-order valence-electron chi connectivity index (χ2n) is 5.27. The van der Waals surface area contributed by atoms with E-state index in [-0.39, 0.29) is 5.91 Å². The van der Waals surface area contributed by atoms with Gasteiger partial charge in [-0.25, -0.2) is 4.98 Å². The van der Waals surface area contributed by atoms with Crippen molar-refractivity contribution in [3.8, 4) is 0 Å². The Hall–Kier alpha value is -2.66. The van der Waals surface area contributed by atoms with Crippen LogP contribution in [-0.2, 0) is 5.75 Å². The Bertz CT molecular complexity index is 820. The van der Waals surface area contributed by atoms with Crippen molar-refractivity contribution in [3.63, 3.8) is 0 Å². The van der Waals surface area contributed by atoms with Crippen LogP contribution in [0.15, 0.2) is 71.9 Å². The molecule has 0 aliphatic heterocycles. The van der Waals surface area contributed by atoms with Crippen LogP contribution in [0.3, 0.4) is 0 Å². The molecule has 3 aromatic rings. The van der Waals surface area contributed by atoms with E-state index in [1.807, 2.05) is 49.4 Å². The number of nitrogens with one attached hydrogen (secondary N) is 1. The Labute approximate surface area is 145 Å². The molecular formula is C19H17N3OS. The monoisotopic (exact) mass is 335 g/mol. The number of aryl methyl sites for hydroxylation is 1. The lowest BCUT2D eigenvalue weighted by Gasteiger charge is -2.10. The molecule has 0 atom stereocenters. The number of thioether (sulfide) groups is 1. The summed E-state index contributed by atoms with van der Waals surface area (Å²) in [6, 6.07) is 18.0. The molecule has 1 heterocycles. The molecule has 0 spiro atoms. The van der Waals surface area contributed by atoms with E-state index in [1.165, 1.54) is 11.8 Å². The van der Waals surface area contributed by atoms with Crippen LogP contribution in [0.4, 0.5) is 5.69 Å². The minimum Gasteiger partial charge on any atom is -0.320 e. The van der Waals surface area contributed by atoms with Crippen molar-refractivity contribution in [2.24, 2.45) is 0 Å². The number of hydrogen-bond donors (Lipinski definition) is 1. The van der Waals surface area contributed by atoms with Crippen molar-refractivity contribution in [3.05, 3.63) is 83.9 Å². The van der Waals surface area contributed by atoms with E-state index >= 15 is 0 Å². The number of carbonyl (C=O) groups excluding carboxylic acids is 1. The van der Waals surface area contributed by atoms with Gasteiger partial charge in [0, 0.05) is 16.8 Å². The van der Waals surface area contributed by atoms with Crippen molar-refractivity contribution in [1.82, 2.24) is 9.97 Å². The molecule has 0 saturated heterocycles. The average Bonchev–Trinajstić information content (AvgIpc) is 2.62. The van der Waals surface area contributed by atoms with Gasteiger partial charge in [-0.15, -0.1) is 11.8 Å². The number of anilines is 1. The van der Waals surface area contributed by atoms with E-state index in [2.05, 4.69) is 27.4 Å². The summed E-state index contributed by atoms with van der Waals surface area (Å²) in [6.45, 7) is 1.84. The van der Waals surface area contributed by atoms with Crippen LogP contribution in [-0.4, -0.2) is 15.9 Å². The van der Waals surface area contributed by atoms with Crippen molar-refractivity contribution in [2.75, 3.05) is 5.32 Å². The Kier molecular flexibility index (Phi) is 5.23. The fraction of sp³-hybridized carbons (Fsp3) is 0.105. The van der Waals surface area contributed by atoms with Gasteiger partial charge in [0.1, 0.15) is 5.69 Å². The molecule has 0 unspecified atom stereocenters. The van der Waals surface area contributed by atoms with Gasteiger partial charge in [0.2, 0.25) is 0 Å². The normalized spacial score (nSPS) is 10.4. The third-order valence-corrected chi connectivity index (χ3v) is 4.53. The zero-order valence-electron chi connectivity index (χ0n) is 13.3. The van der Waals surface area contributed by atoms with Gasteiger partial charge >= 0.3 is 0 Å². The lowest BCUT2D eigenvalue weighted by atomic mass is 10.2. The van der Waals surface area contributed by atoms with E-state index in [0.717, 1.165) is 22.0 Å². The average molecular weight is 335 g/mol. The van der Waals surface area contributed by atoms with Crippen LogP contribution in [0.5, 0.6) is 0 Å². The van der Waals surface area contributed by atoms with Gasteiger partial charge in [0.15, 0.2) is 0 Å². The topological polar surface area (TPSA) is 54.9 Å². The third kappa shape index (κ3) is 4.20. The quantitative estimate of drug-likeness (QED) is 0.705. The molecular weight excluding hydrogens is 318 g/mol. The highest BCUT2D eigenvalue weighted by atomic mass is 32.2. The van der Waals surface area contributed by atoms with Crippen molar-refractivity contribution < 1.29 is 4.79 Å². The first-order valence-corrected chi connectivity index (χ1v) is 8.57. The molecule has 5 heteroatoms. The summed E-state index contributed by atoms with van der Waals surface area (Å²) in [5.74, 6) is 0.591. The molecule has 3 rings (SSSR count). The molecule has 2 aromatic carbocycles. The maximum Gasteiger partial charge on any atom is 0.275 e. The minimum absolute atomic E-state index is 0.254. The van der Waals surface area contributed by atoms with E-state index < -0.39 is 0 Å². The van der Waals surface area contributed by atoms with E-state index in [0.29, 0.717) is 5.69 Å². The van der Waals surface area contributed by atoms with Crippen LogP contribution in [0, 0.1) is 6.92 Å². The minimum atomic E-state index is -0.254. The van der Waals surface area contributed by atoms with Crippen LogP contribution in [0.2, 0.25) is 0 Å². The smallest absolute Gasteiger partial charge is 0.275 e. The molecule has 120 valence electrons. The summed E-state index contributed by atoms with van der Waals surface area (Å²) < 4.78 is 0. The lowest BCUT2D eigenvalue weighted by Crippen LogP contribution is -2.14. The molecule has 1 N–H and O–H groups in total. The van der Waals surface area contributed by atoms with Crippen molar-refractivity contribution >= 4 is 23.4 Å². The SMILES string of the molecule is Cc1cnc(C(=O)Nc2ccccc2SCc2ccccc2)cn1. The number of benzene rings is 2. The number of aromatic nitrogens is 2. The molecule has 0 fully saturated rings. The molecule has 4 nitrogen and oxygen atoms in total. The van der Waals surface area contributed by atoms with E-state index in [1.54, 1.807) is 18.0 Å². The van der Waals surface area contributed by atoms with Gasteiger partial charge in [-0.2, -0.15) is 0 Å². The number of nitrogens with zero attached hydrogens (tertiary/aromatic N) is 2. The highest BCUT2D eigenvalue weighted by Crippen LogP contribution is 2.30. The Balaban J connectivity index is 1.71. The first-order chi connectivity index (χ1) is 11.7. The maximum absolute atomic E-state index is 12.3. The van der Waals surface area contributed by atoms with Gasteiger partial charge in [-0.05, 0) is 24.6 Å². The number of hydrogen-bond acceptors (Lipinski definition) is 4. The van der Waals surface area contributed by atoms with Crippen LogP contribution >= 0.6 is 11.8 Å². The summed E-state index contributed by atoms with van der Waals surface area (Å²) in [5.41, 5.74) is 3.12. The Morgan fingerprint density at radius 3 is 2.50 bits per heavy atom. The van der Waals surface area contributed by atoms with Gasteiger partial charge in [0.05, 0.1) is 17.6 Å². The summed E-state index contributed by atoms with van der Waals surface area (Å²) in [6.07, 6.45) is 3.08. The summed E-state index contributed by atoms with van der Waals surface area (Å²) >= 11 is 1.69. The highest BCUT2D eigenvalue weighted by Gasteiger charge is 2.11. The lowest BCUT2D eigenvalue weighted by molar-refractivity contribution is 0.102. The fourth-order valence-electron chi connectivity index (χ4n) is 2.13. The zero-order valence-corrected chi connectivity index (χ0v) is 14.1. The van der Waals surface area contributed by atoms with E-state index in [4.69, 9.17) is 0 Å². The number of carbonyl (C=O) groups is 1. The first-order valence-electron chi connectivity index (χ1n) is 7.58. The largest absolute Gasteiger partial charge is 0.320 e. The van der Waals surface area contributed by atoms with Crippen molar-refractivity contribution in [1.29, 1.82) is 0 Å². The predicted molar refractivity (Wildman–Crippen MR) is 97.2 cm³/mol. The van der Waals surface area contributed by atoms with Gasteiger partial charge < -0.3 is 5.32 Å². The molecule has 0 radical (unpaired) electrons. The van der Waals surface area contributed by atoms with Gasteiger partial charge in [-0.3, -0.25) is 9.78 Å². The summed E-state index contributed by atoms with van der Waals surface area (Å²) in [5, 5.41) is 2.92. The summed E-state index contributed by atoms with van der Waals surface area (Å²) in [7, 11) is 0.